The molecule has 0 atom stereocenters. The van der Waals surface area contributed by atoms with Gasteiger partial charge in [0.1, 0.15) is 0 Å². The number of halogens is 1. The van der Waals surface area contributed by atoms with Crippen molar-refractivity contribution in [3.63, 3.8) is 0 Å². The third-order valence-corrected chi connectivity index (χ3v) is 10.5. The molecule has 0 amide bonds. The molecular weight excluding hydrogens is 610 g/mol. The summed E-state index contributed by atoms with van der Waals surface area (Å²) in [6.07, 6.45) is 10.0. The molecule has 0 heterocycles. The molecule has 46 heavy (non-hydrogen) atoms. The molecule has 3 aromatic carbocycles. The molecule has 2 N–H and O–H groups in total. The first kappa shape index (κ1) is 37.8. The molecule has 254 valence electrons. The molecular formula is C39H58ClN3O2S. The average Bonchev–Trinajstić information content (AvgIpc) is 3.01. The van der Waals surface area contributed by atoms with Gasteiger partial charge in [0, 0.05) is 24.5 Å². The first-order chi connectivity index (χ1) is 21.9. The lowest BCUT2D eigenvalue weighted by atomic mass is 9.89. The van der Waals surface area contributed by atoms with Crippen LogP contribution in [0.2, 0.25) is 5.02 Å². The molecule has 3 rings (SSSR count). The molecule has 0 spiro atoms. The van der Waals surface area contributed by atoms with Gasteiger partial charge in [-0.3, -0.25) is 4.72 Å². The molecule has 0 aliphatic rings. The normalized spacial score (nSPS) is 11.9. The summed E-state index contributed by atoms with van der Waals surface area (Å²) in [5.74, 6) is 0.414. The van der Waals surface area contributed by atoms with E-state index in [-0.39, 0.29) is 11.8 Å². The Kier molecular flexibility index (Phi) is 14.8. The number of anilines is 4. The summed E-state index contributed by atoms with van der Waals surface area (Å²) < 4.78 is 30.7. The topological polar surface area (TPSA) is 61.4 Å². The summed E-state index contributed by atoms with van der Waals surface area (Å²) in [4.78, 5) is 2.90. The molecule has 0 saturated heterocycles. The van der Waals surface area contributed by atoms with Gasteiger partial charge in [-0.05, 0) is 89.8 Å². The van der Waals surface area contributed by atoms with Crippen molar-refractivity contribution in [2.24, 2.45) is 0 Å². The van der Waals surface area contributed by atoms with Crippen molar-refractivity contribution in [2.45, 2.75) is 129 Å². The van der Waals surface area contributed by atoms with Gasteiger partial charge < -0.3 is 10.2 Å². The number of nitrogens with zero attached hydrogens (tertiary/aromatic N) is 1. The van der Waals surface area contributed by atoms with Crippen LogP contribution < -0.4 is 14.9 Å². The van der Waals surface area contributed by atoms with Gasteiger partial charge in [-0.25, -0.2) is 8.42 Å². The third-order valence-electron chi connectivity index (χ3n) is 8.64. The van der Waals surface area contributed by atoms with E-state index in [1.807, 2.05) is 33.8 Å². The van der Waals surface area contributed by atoms with Crippen LogP contribution in [0, 0.1) is 0 Å². The van der Waals surface area contributed by atoms with Gasteiger partial charge in [-0.15, -0.1) is 0 Å². The number of sulfonamides is 1. The molecule has 0 fully saturated rings. The number of unbranched alkanes of at least 4 members (excludes halogenated alkanes) is 6. The maximum Gasteiger partial charge on any atom is 0.262 e. The highest BCUT2D eigenvalue weighted by molar-refractivity contribution is 7.92. The Hall–Kier alpha value is -2.70. The fourth-order valence-electron chi connectivity index (χ4n) is 5.83. The molecule has 0 radical (unpaired) electrons. The van der Waals surface area contributed by atoms with Crippen molar-refractivity contribution < 1.29 is 8.42 Å². The Morgan fingerprint density at radius 3 is 1.65 bits per heavy atom. The van der Waals surface area contributed by atoms with Gasteiger partial charge >= 0.3 is 0 Å². The third kappa shape index (κ3) is 10.7. The van der Waals surface area contributed by atoms with Crippen molar-refractivity contribution in [3.8, 4) is 0 Å². The Morgan fingerprint density at radius 1 is 0.674 bits per heavy atom. The van der Waals surface area contributed by atoms with Gasteiger partial charge in [0.15, 0.2) is 0 Å². The zero-order chi connectivity index (χ0) is 33.9. The van der Waals surface area contributed by atoms with Crippen molar-refractivity contribution >= 4 is 44.4 Å². The van der Waals surface area contributed by atoms with Gasteiger partial charge in [0.2, 0.25) is 0 Å². The van der Waals surface area contributed by atoms with Crippen LogP contribution in [0.5, 0.6) is 0 Å². The SMILES string of the molecule is CCCCCCN(CCCCCC)c1ccc(Nc2ccc(NS(=O)(=O)c3c(C(C)C)cc(C(C)C)cc3C(C)C)cc2Cl)cc1. The molecule has 0 aliphatic carbocycles. The van der Waals surface area contributed by atoms with Crippen molar-refractivity contribution in [1.82, 2.24) is 0 Å². The van der Waals surface area contributed by atoms with E-state index in [4.69, 9.17) is 11.6 Å². The van der Waals surface area contributed by atoms with Gasteiger partial charge in [-0.1, -0.05) is 118 Å². The number of rotatable bonds is 19. The summed E-state index contributed by atoms with van der Waals surface area (Å²) >= 11 is 6.72. The minimum absolute atomic E-state index is 0.0542. The predicted octanol–water partition coefficient (Wildman–Crippen LogP) is 12.2. The maximum absolute atomic E-state index is 13.9. The Bertz CT molecular complexity index is 1440. The van der Waals surface area contributed by atoms with Gasteiger partial charge in [-0.2, -0.15) is 0 Å². The molecule has 0 aromatic heterocycles. The summed E-state index contributed by atoms with van der Waals surface area (Å²) in [6.45, 7) is 19.1. The highest BCUT2D eigenvalue weighted by atomic mass is 35.5. The Balaban J connectivity index is 1.78. The first-order valence-electron chi connectivity index (χ1n) is 17.5. The second kappa shape index (κ2) is 18.0. The van der Waals surface area contributed by atoms with Crippen LogP contribution in [0.3, 0.4) is 0 Å². The minimum Gasteiger partial charge on any atom is -0.372 e. The highest BCUT2D eigenvalue weighted by Crippen LogP contribution is 2.37. The lowest BCUT2D eigenvalue weighted by Gasteiger charge is -2.25. The van der Waals surface area contributed by atoms with Crippen molar-refractivity contribution in [3.05, 3.63) is 76.3 Å². The van der Waals surface area contributed by atoms with E-state index in [1.165, 1.54) is 57.1 Å². The predicted molar refractivity (Wildman–Crippen MR) is 201 cm³/mol. The summed E-state index contributed by atoms with van der Waals surface area (Å²) in [5.41, 5.74) is 6.18. The quantitative estimate of drug-likeness (QED) is 0.125. The second-order valence-electron chi connectivity index (χ2n) is 13.6. The van der Waals surface area contributed by atoms with Crippen molar-refractivity contribution in [1.29, 1.82) is 0 Å². The monoisotopic (exact) mass is 667 g/mol. The number of hydrogen-bond donors (Lipinski definition) is 2. The van der Waals surface area contributed by atoms with Crippen molar-refractivity contribution in [2.75, 3.05) is 28.0 Å². The maximum atomic E-state index is 13.9. The largest absolute Gasteiger partial charge is 0.372 e. The number of benzene rings is 3. The highest BCUT2D eigenvalue weighted by Gasteiger charge is 2.27. The van der Waals surface area contributed by atoms with E-state index >= 15 is 0 Å². The lowest BCUT2D eigenvalue weighted by molar-refractivity contribution is 0.595. The zero-order valence-corrected chi connectivity index (χ0v) is 31.1. The Morgan fingerprint density at radius 2 is 1.20 bits per heavy atom. The average molecular weight is 668 g/mol. The lowest BCUT2D eigenvalue weighted by Crippen LogP contribution is -2.25. The van der Waals surface area contributed by atoms with Gasteiger partial charge in [0.05, 0.1) is 21.3 Å². The van der Waals surface area contributed by atoms with Crippen LogP contribution in [-0.2, 0) is 10.0 Å². The number of hydrogen-bond acceptors (Lipinski definition) is 4. The molecule has 0 saturated carbocycles. The van der Waals surface area contributed by atoms with E-state index in [9.17, 15) is 8.42 Å². The van der Waals surface area contributed by atoms with Gasteiger partial charge in [0.25, 0.3) is 10.0 Å². The van der Waals surface area contributed by atoms with Crippen LogP contribution >= 0.6 is 11.6 Å². The molecule has 3 aromatic rings. The molecule has 0 bridgehead atoms. The molecule has 5 nitrogen and oxygen atoms in total. The van der Waals surface area contributed by atoms with E-state index in [0.29, 0.717) is 21.5 Å². The van der Waals surface area contributed by atoms with E-state index in [2.05, 4.69) is 79.0 Å². The van der Waals surface area contributed by atoms with E-state index in [1.54, 1.807) is 12.1 Å². The number of nitrogens with one attached hydrogen (secondary N) is 2. The fraction of sp³-hybridized carbons (Fsp3) is 0.538. The molecule has 0 aliphatic heterocycles. The van der Waals surface area contributed by atoms with Crippen LogP contribution in [0.4, 0.5) is 22.7 Å². The standard InChI is InChI=1S/C39H58ClN3O2S/c1-9-11-13-15-23-43(24-16-14-12-10-2)34-20-17-32(18-21-34)41-38-22-19-33(27-37(38)40)42-46(44,45)39-35(29(5)6)25-31(28(3)4)26-36(39)30(7)8/h17-22,25-30,41-42H,9-16,23-24H2,1-8H3. The first-order valence-corrected chi connectivity index (χ1v) is 19.4. The minimum atomic E-state index is -3.86. The van der Waals surface area contributed by atoms with Crippen LogP contribution in [0.1, 0.15) is 141 Å². The molecule has 7 heteroatoms. The second-order valence-corrected chi connectivity index (χ2v) is 15.6. The van der Waals surface area contributed by atoms with Crippen LogP contribution in [-0.4, -0.2) is 21.5 Å². The summed E-state index contributed by atoms with van der Waals surface area (Å²) in [7, 11) is -3.86. The molecule has 0 unspecified atom stereocenters. The fourth-order valence-corrected chi connectivity index (χ4v) is 7.80. The Labute approximate surface area is 285 Å². The summed E-state index contributed by atoms with van der Waals surface area (Å²) in [5, 5.41) is 3.86. The van der Waals surface area contributed by atoms with Crippen LogP contribution in [0.25, 0.3) is 0 Å². The van der Waals surface area contributed by atoms with Crippen LogP contribution in [0.15, 0.2) is 59.5 Å². The van der Waals surface area contributed by atoms with E-state index < -0.39 is 10.0 Å². The summed E-state index contributed by atoms with van der Waals surface area (Å²) in [6, 6.07) is 17.9. The smallest absolute Gasteiger partial charge is 0.262 e. The van der Waals surface area contributed by atoms with E-state index in [0.717, 1.165) is 41.2 Å². The zero-order valence-electron chi connectivity index (χ0n) is 29.5.